The molecule has 1 aromatic carbocycles. The zero-order valence-corrected chi connectivity index (χ0v) is 17.5. The molecule has 3 fully saturated rings. The minimum Gasteiger partial charge on any atom is -0.669 e. The van der Waals surface area contributed by atoms with Crippen LogP contribution in [0.1, 0.15) is 34.7 Å². The minimum absolute atomic E-state index is 0.0382. The number of fused-ring (bicyclic) bond motifs is 3. The van der Waals surface area contributed by atoms with Gasteiger partial charge in [-0.3, -0.25) is 4.79 Å². The highest BCUT2D eigenvalue weighted by Crippen LogP contribution is 2.63. The number of nitrogens with two attached hydrogens (primary N) is 1. The van der Waals surface area contributed by atoms with E-state index in [9.17, 15) is 24.7 Å². The molecule has 12 heteroatoms. The molecule has 1 amide bonds. The Morgan fingerprint density at radius 1 is 1.31 bits per heavy atom. The number of rotatable bonds is 6. The normalized spacial score (nSPS) is 30.4. The van der Waals surface area contributed by atoms with E-state index in [0.29, 0.717) is 44.8 Å². The summed E-state index contributed by atoms with van der Waals surface area (Å²) in [4.78, 5) is 26.1. The summed E-state index contributed by atoms with van der Waals surface area (Å²) >= 11 is 0. The third-order valence-electron chi connectivity index (χ3n) is 6.80. The van der Waals surface area contributed by atoms with Crippen LogP contribution >= 0.6 is 0 Å². The highest BCUT2D eigenvalue weighted by Gasteiger charge is 2.55. The highest BCUT2D eigenvalue weighted by molar-refractivity contribution is 6.62. The molecule has 0 aromatic heterocycles. The number of amides is 1. The average Bonchev–Trinajstić information content (AvgIpc) is 3.52. The number of benzene rings is 1. The summed E-state index contributed by atoms with van der Waals surface area (Å²) in [5.41, 5.74) is 6.03. The summed E-state index contributed by atoms with van der Waals surface area (Å²) in [7, 11) is 0. The quantitative estimate of drug-likeness (QED) is 0.336. The van der Waals surface area contributed by atoms with Gasteiger partial charge in [0.25, 0.3) is 0 Å². The van der Waals surface area contributed by atoms with Crippen molar-refractivity contribution >= 4 is 18.6 Å². The van der Waals surface area contributed by atoms with Gasteiger partial charge in [0.15, 0.2) is 0 Å². The maximum Gasteiger partial charge on any atom is 0.434 e. The lowest BCUT2D eigenvalue weighted by atomic mass is 9.68. The van der Waals surface area contributed by atoms with E-state index in [1.807, 2.05) is 0 Å². The van der Waals surface area contributed by atoms with Crippen LogP contribution in [-0.4, -0.2) is 89.7 Å². The maximum atomic E-state index is 12.5. The Balaban J connectivity index is 1.20. The van der Waals surface area contributed by atoms with Gasteiger partial charge in [-0.15, -0.1) is 0 Å². The number of hydrogen-bond donors (Lipinski definition) is 5. The number of likely N-dealkylation sites (tertiary alicyclic amines) is 1. The monoisotopic (exact) mass is 448 g/mol. The van der Waals surface area contributed by atoms with Crippen LogP contribution in [-0.2, 0) is 9.53 Å². The molecular formula is C20H27BN3O8-. The van der Waals surface area contributed by atoms with E-state index in [1.54, 1.807) is 17.0 Å². The van der Waals surface area contributed by atoms with Crippen molar-refractivity contribution in [1.82, 2.24) is 10.2 Å². The average molecular weight is 448 g/mol. The standard InChI is InChI=1S/C20H27BN3O8/c22-5-10-9-30-11(6-23-10)3-17(25)24-7-12(8-24)31-16-2-1-13-14-4-15(14)21(28,29)32-19(13)18(16)20(26)27/h1-2,10-12,14-15,23,28-29H,3-9,22H2,(H,26,27)/q-1/t10?,11?,14-,15-/m0/s1. The highest BCUT2D eigenvalue weighted by atomic mass is 16.6. The van der Waals surface area contributed by atoms with Gasteiger partial charge < -0.3 is 45.2 Å². The number of nitrogens with zero attached hydrogens (tertiary/aromatic N) is 1. The number of hydrogen-bond acceptors (Lipinski definition) is 9. The van der Waals surface area contributed by atoms with E-state index >= 15 is 0 Å². The molecule has 6 N–H and O–H groups in total. The first-order chi connectivity index (χ1) is 15.3. The molecule has 3 heterocycles. The number of nitrogens with one attached hydrogen (secondary N) is 1. The van der Waals surface area contributed by atoms with Crippen LogP contribution in [0.15, 0.2) is 12.1 Å². The van der Waals surface area contributed by atoms with Crippen LogP contribution in [0, 0.1) is 0 Å². The molecule has 3 aliphatic heterocycles. The van der Waals surface area contributed by atoms with E-state index in [-0.39, 0.29) is 53.6 Å². The van der Waals surface area contributed by atoms with Crippen molar-refractivity contribution in [2.24, 2.45) is 5.73 Å². The topological polar surface area (TPSA) is 164 Å². The molecule has 5 rings (SSSR count). The van der Waals surface area contributed by atoms with Crippen molar-refractivity contribution in [2.75, 3.05) is 32.8 Å². The number of carbonyl (C=O) groups excluding carboxylic acids is 1. The van der Waals surface area contributed by atoms with Crippen LogP contribution in [0.25, 0.3) is 0 Å². The Bertz CT molecular complexity index is 930. The summed E-state index contributed by atoms with van der Waals surface area (Å²) in [5, 5.41) is 33.2. The van der Waals surface area contributed by atoms with Crippen molar-refractivity contribution in [3.8, 4) is 11.5 Å². The predicted molar refractivity (Wildman–Crippen MR) is 112 cm³/mol. The second-order valence-electron chi connectivity index (χ2n) is 9.09. The third-order valence-corrected chi connectivity index (χ3v) is 6.80. The molecule has 1 aromatic rings. The Labute approximate surface area is 184 Å². The Morgan fingerprint density at radius 3 is 2.75 bits per heavy atom. The van der Waals surface area contributed by atoms with Crippen LogP contribution in [0.4, 0.5) is 0 Å². The molecule has 1 aliphatic carbocycles. The zero-order valence-electron chi connectivity index (χ0n) is 17.5. The van der Waals surface area contributed by atoms with Crippen LogP contribution in [0.3, 0.4) is 0 Å². The number of ether oxygens (including phenoxy) is 2. The van der Waals surface area contributed by atoms with Gasteiger partial charge in [-0.1, -0.05) is 18.3 Å². The number of morpholine rings is 1. The van der Waals surface area contributed by atoms with Gasteiger partial charge >= 0.3 is 12.7 Å². The largest absolute Gasteiger partial charge is 0.669 e. The second-order valence-corrected chi connectivity index (χ2v) is 9.09. The molecule has 1 saturated carbocycles. The zero-order chi connectivity index (χ0) is 22.6. The summed E-state index contributed by atoms with van der Waals surface area (Å²) in [6, 6.07) is 3.41. The van der Waals surface area contributed by atoms with E-state index in [2.05, 4.69) is 5.32 Å². The van der Waals surface area contributed by atoms with Gasteiger partial charge in [-0.05, 0) is 17.5 Å². The van der Waals surface area contributed by atoms with E-state index in [4.69, 9.17) is 19.9 Å². The summed E-state index contributed by atoms with van der Waals surface area (Å²) in [5.74, 6) is -1.79. The fourth-order valence-electron chi connectivity index (χ4n) is 4.78. The molecule has 0 bridgehead atoms. The van der Waals surface area contributed by atoms with Gasteiger partial charge in [0.2, 0.25) is 5.91 Å². The number of aromatic carboxylic acids is 1. The number of carboxylic acid groups (broad SMARTS) is 1. The molecule has 2 saturated heterocycles. The molecule has 0 radical (unpaired) electrons. The van der Waals surface area contributed by atoms with Crippen molar-refractivity contribution in [2.45, 2.75) is 42.8 Å². The minimum atomic E-state index is -3.09. The molecule has 11 nitrogen and oxygen atoms in total. The fraction of sp³-hybridized carbons (Fsp3) is 0.600. The smallest absolute Gasteiger partial charge is 0.434 e. The molecular weight excluding hydrogens is 421 g/mol. The first-order valence-corrected chi connectivity index (χ1v) is 10.9. The van der Waals surface area contributed by atoms with Crippen LogP contribution < -0.4 is 20.4 Å². The molecule has 174 valence electrons. The number of carboxylic acids is 1. The summed E-state index contributed by atoms with van der Waals surface area (Å²) in [6.45, 7) is -0.898. The fourth-order valence-corrected chi connectivity index (χ4v) is 4.78. The Morgan fingerprint density at radius 2 is 2.09 bits per heavy atom. The van der Waals surface area contributed by atoms with Crippen molar-refractivity contribution in [3.63, 3.8) is 0 Å². The van der Waals surface area contributed by atoms with E-state index in [1.165, 1.54) is 0 Å². The predicted octanol–water partition coefficient (Wildman–Crippen LogP) is -1.15. The lowest BCUT2D eigenvalue weighted by molar-refractivity contribution is -0.143. The Hall–Kier alpha value is -2.38. The molecule has 32 heavy (non-hydrogen) atoms. The van der Waals surface area contributed by atoms with Gasteiger partial charge in [-0.25, -0.2) is 4.79 Å². The van der Waals surface area contributed by atoms with E-state index in [0.717, 1.165) is 0 Å². The van der Waals surface area contributed by atoms with Crippen molar-refractivity contribution in [3.05, 3.63) is 23.3 Å². The van der Waals surface area contributed by atoms with Crippen LogP contribution in [0.2, 0.25) is 5.82 Å². The van der Waals surface area contributed by atoms with Crippen molar-refractivity contribution < 1.29 is 38.9 Å². The summed E-state index contributed by atoms with van der Waals surface area (Å²) < 4.78 is 16.9. The first kappa shape index (κ1) is 21.5. The van der Waals surface area contributed by atoms with Gasteiger partial charge in [0.1, 0.15) is 17.4 Å². The molecule has 4 atom stereocenters. The number of carbonyl (C=O) groups is 2. The SMILES string of the molecule is NCC1COC(CC(=O)N2CC(Oc3ccc4c(c3C(=O)O)O[B-](O)(O)[C@H]3C[C@@H]43)C2)CN1. The Kier molecular flexibility index (Phi) is 5.29. The summed E-state index contributed by atoms with van der Waals surface area (Å²) in [6.07, 6.45) is 0.237. The van der Waals surface area contributed by atoms with E-state index < -0.39 is 18.5 Å². The van der Waals surface area contributed by atoms with Crippen molar-refractivity contribution in [1.29, 1.82) is 0 Å². The molecule has 2 unspecified atom stereocenters. The van der Waals surface area contributed by atoms with Gasteiger partial charge in [0.05, 0.1) is 38.0 Å². The lowest BCUT2D eigenvalue weighted by Crippen LogP contribution is -2.58. The molecule has 4 aliphatic rings. The van der Waals surface area contributed by atoms with Crippen LogP contribution in [0.5, 0.6) is 11.5 Å². The van der Waals surface area contributed by atoms with Gasteiger partial charge in [0, 0.05) is 19.1 Å². The second kappa shape index (κ2) is 7.89. The maximum absolute atomic E-state index is 12.5. The lowest BCUT2D eigenvalue weighted by Gasteiger charge is -2.41. The van der Waals surface area contributed by atoms with Gasteiger partial charge in [-0.2, -0.15) is 0 Å². The first-order valence-electron chi connectivity index (χ1n) is 10.9. The molecule has 0 spiro atoms. The third kappa shape index (κ3) is 3.82.